The van der Waals surface area contributed by atoms with E-state index < -0.39 is 6.10 Å². The van der Waals surface area contributed by atoms with E-state index >= 15 is 0 Å². The van der Waals surface area contributed by atoms with Crippen molar-refractivity contribution in [1.82, 2.24) is 5.32 Å². The molecule has 0 radical (unpaired) electrons. The highest BCUT2D eigenvalue weighted by atomic mass is 35.5. The van der Waals surface area contributed by atoms with E-state index in [4.69, 9.17) is 11.6 Å². The summed E-state index contributed by atoms with van der Waals surface area (Å²) in [5, 5.41) is 13.2. The molecule has 0 saturated heterocycles. The second-order valence-electron chi connectivity index (χ2n) is 4.45. The van der Waals surface area contributed by atoms with E-state index in [-0.39, 0.29) is 5.91 Å². The van der Waals surface area contributed by atoms with Crippen molar-refractivity contribution in [3.63, 3.8) is 0 Å². The summed E-state index contributed by atoms with van der Waals surface area (Å²) in [4.78, 5) is 11.9. The maximum absolute atomic E-state index is 11.9. The normalized spacial score (nSPS) is 11.9. The second-order valence-corrected chi connectivity index (χ2v) is 4.86. The van der Waals surface area contributed by atoms with Crippen molar-refractivity contribution >= 4 is 17.5 Å². The van der Waals surface area contributed by atoms with Crippen molar-refractivity contribution in [3.8, 4) is 0 Å². The molecule has 0 bridgehead atoms. The van der Waals surface area contributed by atoms with E-state index in [2.05, 4.69) is 5.32 Å². The van der Waals surface area contributed by atoms with Gasteiger partial charge in [-0.25, -0.2) is 0 Å². The van der Waals surface area contributed by atoms with Gasteiger partial charge in [-0.1, -0.05) is 54.1 Å². The molecule has 2 rings (SSSR count). The number of amides is 1. The molecule has 104 valence electrons. The average molecular weight is 290 g/mol. The molecule has 0 unspecified atom stereocenters. The summed E-state index contributed by atoms with van der Waals surface area (Å²) >= 11 is 5.95. The largest absolute Gasteiger partial charge is 0.388 e. The predicted octanol–water partition coefficient (Wildman–Crippen LogP) is 3.19. The lowest BCUT2D eigenvalue weighted by molar-refractivity contribution is 0.0943. The van der Waals surface area contributed by atoms with Gasteiger partial charge >= 0.3 is 0 Å². The van der Waals surface area contributed by atoms with Crippen LogP contribution in [0.4, 0.5) is 0 Å². The predicted molar refractivity (Wildman–Crippen MR) is 79.8 cm³/mol. The topological polar surface area (TPSA) is 49.3 Å². The average Bonchev–Trinajstić information content (AvgIpc) is 2.48. The molecular formula is C16H16ClNO2. The lowest BCUT2D eigenvalue weighted by Gasteiger charge is -2.12. The zero-order chi connectivity index (χ0) is 14.4. The van der Waals surface area contributed by atoms with Gasteiger partial charge in [0.15, 0.2) is 0 Å². The molecule has 1 atom stereocenters. The first kappa shape index (κ1) is 14.6. The van der Waals surface area contributed by atoms with Gasteiger partial charge in [-0.3, -0.25) is 4.79 Å². The van der Waals surface area contributed by atoms with E-state index in [1.165, 1.54) is 0 Å². The summed E-state index contributed by atoms with van der Waals surface area (Å²) < 4.78 is 0. The van der Waals surface area contributed by atoms with Crippen LogP contribution in [0.15, 0.2) is 54.6 Å². The maximum atomic E-state index is 11.9. The minimum atomic E-state index is -0.581. The third kappa shape index (κ3) is 3.83. The molecule has 2 aromatic rings. The number of rotatable bonds is 5. The fraction of sp³-hybridized carbons (Fsp3) is 0.188. The minimum Gasteiger partial charge on any atom is -0.388 e. The number of carbonyl (C=O) groups is 1. The number of aliphatic hydroxyl groups is 1. The van der Waals surface area contributed by atoms with Gasteiger partial charge in [0.1, 0.15) is 0 Å². The Morgan fingerprint density at radius 2 is 1.75 bits per heavy atom. The maximum Gasteiger partial charge on any atom is 0.252 e. The Bertz CT molecular complexity index is 572. The van der Waals surface area contributed by atoms with Gasteiger partial charge < -0.3 is 10.4 Å². The number of nitrogens with one attached hydrogen (secondary N) is 1. The van der Waals surface area contributed by atoms with Crippen LogP contribution in [0.25, 0.3) is 0 Å². The molecule has 0 aromatic heterocycles. The summed E-state index contributed by atoms with van der Waals surface area (Å²) in [6.45, 7) is 0.389. The SMILES string of the molecule is O=C(NCC[C@@H](O)c1ccccc1)c1ccccc1Cl. The van der Waals surface area contributed by atoms with Crippen LogP contribution in [0.2, 0.25) is 5.02 Å². The third-order valence-electron chi connectivity index (χ3n) is 3.01. The summed E-state index contributed by atoms with van der Waals surface area (Å²) in [7, 11) is 0. The molecule has 2 N–H and O–H groups in total. The Kier molecular flexibility index (Phi) is 5.16. The standard InChI is InChI=1S/C16H16ClNO2/c17-14-9-5-4-8-13(14)16(20)18-11-10-15(19)12-6-2-1-3-7-12/h1-9,15,19H,10-11H2,(H,18,20)/t15-/m1/s1. The molecule has 0 spiro atoms. The van der Waals surface area contributed by atoms with E-state index in [0.717, 1.165) is 5.56 Å². The molecule has 0 saturated carbocycles. The molecule has 2 aromatic carbocycles. The van der Waals surface area contributed by atoms with Crippen LogP contribution in [-0.2, 0) is 0 Å². The molecule has 1 amide bonds. The van der Waals surface area contributed by atoms with Crippen molar-refractivity contribution in [2.45, 2.75) is 12.5 Å². The Labute approximate surface area is 123 Å². The molecule has 20 heavy (non-hydrogen) atoms. The van der Waals surface area contributed by atoms with Crippen molar-refractivity contribution in [2.75, 3.05) is 6.54 Å². The molecule has 3 nitrogen and oxygen atoms in total. The van der Waals surface area contributed by atoms with Crippen molar-refractivity contribution in [3.05, 3.63) is 70.7 Å². The first-order valence-corrected chi connectivity index (χ1v) is 6.82. The lowest BCUT2D eigenvalue weighted by atomic mass is 10.1. The van der Waals surface area contributed by atoms with Crippen LogP contribution in [0.3, 0.4) is 0 Å². The fourth-order valence-electron chi connectivity index (χ4n) is 1.90. The molecule has 0 heterocycles. The monoisotopic (exact) mass is 289 g/mol. The Morgan fingerprint density at radius 1 is 1.10 bits per heavy atom. The van der Waals surface area contributed by atoms with Gasteiger partial charge in [0.2, 0.25) is 0 Å². The molecule has 0 aliphatic heterocycles. The van der Waals surface area contributed by atoms with Gasteiger partial charge in [0.05, 0.1) is 16.7 Å². The van der Waals surface area contributed by atoms with Gasteiger partial charge in [-0.2, -0.15) is 0 Å². The number of hydrogen-bond donors (Lipinski definition) is 2. The first-order chi connectivity index (χ1) is 9.68. The fourth-order valence-corrected chi connectivity index (χ4v) is 2.13. The van der Waals surface area contributed by atoms with Crippen LogP contribution in [0, 0.1) is 0 Å². The van der Waals surface area contributed by atoms with E-state index in [1.807, 2.05) is 30.3 Å². The lowest BCUT2D eigenvalue weighted by Crippen LogP contribution is -2.25. The smallest absolute Gasteiger partial charge is 0.252 e. The van der Waals surface area contributed by atoms with Gasteiger partial charge in [0, 0.05) is 6.54 Å². The Hall–Kier alpha value is -1.84. The zero-order valence-electron chi connectivity index (χ0n) is 10.9. The molecule has 0 aliphatic rings. The highest BCUT2D eigenvalue weighted by molar-refractivity contribution is 6.33. The minimum absolute atomic E-state index is 0.226. The van der Waals surface area contributed by atoms with Gasteiger partial charge in [-0.05, 0) is 24.1 Å². The second kappa shape index (κ2) is 7.08. The van der Waals surface area contributed by atoms with E-state index in [9.17, 15) is 9.90 Å². The zero-order valence-corrected chi connectivity index (χ0v) is 11.7. The Balaban J connectivity index is 1.84. The molecule has 0 fully saturated rings. The van der Waals surface area contributed by atoms with Crippen LogP contribution < -0.4 is 5.32 Å². The number of hydrogen-bond acceptors (Lipinski definition) is 2. The molecular weight excluding hydrogens is 274 g/mol. The van der Waals surface area contributed by atoms with Crippen LogP contribution in [0.1, 0.15) is 28.4 Å². The van der Waals surface area contributed by atoms with Gasteiger partial charge in [0.25, 0.3) is 5.91 Å². The Morgan fingerprint density at radius 3 is 2.45 bits per heavy atom. The molecule has 0 aliphatic carbocycles. The highest BCUT2D eigenvalue weighted by Crippen LogP contribution is 2.16. The summed E-state index contributed by atoms with van der Waals surface area (Å²) in [6.07, 6.45) is -0.122. The van der Waals surface area contributed by atoms with Crippen LogP contribution in [0.5, 0.6) is 0 Å². The van der Waals surface area contributed by atoms with Crippen LogP contribution >= 0.6 is 11.6 Å². The van der Waals surface area contributed by atoms with Gasteiger partial charge in [-0.15, -0.1) is 0 Å². The number of benzene rings is 2. The number of halogens is 1. The molecule has 4 heteroatoms. The summed E-state index contributed by atoms with van der Waals surface area (Å²) in [5.41, 5.74) is 1.29. The summed E-state index contributed by atoms with van der Waals surface area (Å²) in [5.74, 6) is -0.226. The highest BCUT2D eigenvalue weighted by Gasteiger charge is 2.11. The van der Waals surface area contributed by atoms with Crippen molar-refractivity contribution in [1.29, 1.82) is 0 Å². The van der Waals surface area contributed by atoms with Crippen molar-refractivity contribution < 1.29 is 9.90 Å². The van der Waals surface area contributed by atoms with E-state index in [1.54, 1.807) is 24.3 Å². The third-order valence-corrected chi connectivity index (χ3v) is 3.34. The van der Waals surface area contributed by atoms with Crippen LogP contribution in [-0.4, -0.2) is 17.6 Å². The summed E-state index contributed by atoms with van der Waals surface area (Å²) in [6, 6.07) is 16.3. The van der Waals surface area contributed by atoms with E-state index in [0.29, 0.717) is 23.6 Å². The first-order valence-electron chi connectivity index (χ1n) is 6.44. The van der Waals surface area contributed by atoms with Crippen molar-refractivity contribution in [2.24, 2.45) is 0 Å². The number of carbonyl (C=O) groups excluding carboxylic acids is 1. The number of aliphatic hydroxyl groups excluding tert-OH is 1. The quantitative estimate of drug-likeness (QED) is 0.888.